The Bertz CT molecular complexity index is 1150. The first-order valence-corrected chi connectivity index (χ1v) is 10.6. The van der Waals surface area contributed by atoms with Crippen LogP contribution in [0.15, 0.2) is 36.7 Å². The number of benzene rings is 1. The Hall–Kier alpha value is -2.84. The van der Waals surface area contributed by atoms with Crippen LogP contribution in [0.2, 0.25) is 0 Å². The van der Waals surface area contributed by atoms with Gasteiger partial charge in [-0.1, -0.05) is 12.5 Å². The van der Waals surface area contributed by atoms with Crippen LogP contribution >= 0.6 is 0 Å². The summed E-state index contributed by atoms with van der Waals surface area (Å²) >= 11 is 0. The van der Waals surface area contributed by atoms with Gasteiger partial charge in [0.05, 0.1) is 18.3 Å². The summed E-state index contributed by atoms with van der Waals surface area (Å²) in [6.07, 6.45) is 8.57. The van der Waals surface area contributed by atoms with Crippen LogP contribution < -0.4 is 10.8 Å². The highest BCUT2D eigenvalue weighted by atomic mass is 19.1. The Morgan fingerprint density at radius 2 is 2.06 bits per heavy atom. The number of nitrogens with one attached hydrogen (secondary N) is 2. The average molecular weight is 426 g/mol. The number of pyridine rings is 1. The number of nitrogens with zero attached hydrogens (tertiary/aromatic N) is 2. The predicted molar refractivity (Wildman–Crippen MR) is 111 cm³/mol. The van der Waals surface area contributed by atoms with Crippen molar-refractivity contribution in [2.75, 3.05) is 0 Å². The summed E-state index contributed by atoms with van der Waals surface area (Å²) in [6, 6.07) is 5.68. The monoisotopic (exact) mass is 426 g/mol. The molecule has 0 saturated heterocycles. The van der Waals surface area contributed by atoms with Crippen molar-refractivity contribution in [3.63, 3.8) is 0 Å². The van der Waals surface area contributed by atoms with Crippen molar-refractivity contribution >= 4 is 16.8 Å². The van der Waals surface area contributed by atoms with E-state index in [2.05, 4.69) is 10.3 Å². The number of fused-ring (bicyclic) bond motifs is 3. The van der Waals surface area contributed by atoms with E-state index in [0.29, 0.717) is 18.2 Å². The lowest BCUT2D eigenvalue weighted by molar-refractivity contribution is 0.0701. The van der Waals surface area contributed by atoms with Gasteiger partial charge in [-0.3, -0.25) is 10.0 Å². The molecule has 2 heterocycles. The van der Waals surface area contributed by atoms with E-state index in [1.54, 1.807) is 17.7 Å². The Kier molecular flexibility index (Phi) is 5.19. The number of hydrogen-bond acceptors (Lipinski definition) is 4. The summed E-state index contributed by atoms with van der Waals surface area (Å²) in [5.41, 5.74) is 3.78. The number of amides is 1. The minimum absolute atomic E-state index is 0.0990. The fraction of sp³-hybridized carbons (Fsp3) is 0.391. The lowest BCUT2D eigenvalue weighted by Crippen LogP contribution is -2.33. The summed E-state index contributed by atoms with van der Waals surface area (Å²) in [5.74, 6) is -0.354. The molecule has 0 aliphatic heterocycles. The zero-order valence-corrected chi connectivity index (χ0v) is 16.9. The molecule has 0 radical (unpaired) electrons. The molecule has 1 amide bonds. The molecule has 2 bridgehead atoms. The zero-order chi connectivity index (χ0) is 21.5. The van der Waals surface area contributed by atoms with E-state index < -0.39 is 17.5 Å². The van der Waals surface area contributed by atoms with Gasteiger partial charge in [0.1, 0.15) is 17.3 Å². The van der Waals surface area contributed by atoms with E-state index in [9.17, 15) is 13.6 Å². The number of halogens is 2. The summed E-state index contributed by atoms with van der Waals surface area (Å²) in [7, 11) is 0. The normalized spacial score (nSPS) is 22.4. The third kappa shape index (κ3) is 3.81. The van der Waals surface area contributed by atoms with Crippen molar-refractivity contribution in [3.05, 3.63) is 65.1 Å². The number of hydrogen-bond donors (Lipinski definition) is 3. The van der Waals surface area contributed by atoms with Crippen LogP contribution in [-0.2, 0) is 13.1 Å². The second-order valence-corrected chi connectivity index (χ2v) is 8.71. The Balaban J connectivity index is 1.47. The van der Waals surface area contributed by atoms with Gasteiger partial charge >= 0.3 is 0 Å². The number of rotatable bonds is 6. The maximum atomic E-state index is 14.2. The Labute approximate surface area is 178 Å². The zero-order valence-electron chi connectivity index (χ0n) is 16.9. The van der Waals surface area contributed by atoms with Gasteiger partial charge in [-0.25, -0.2) is 19.2 Å². The molecular weight excluding hydrogens is 402 g/mol. The molecule has 31 heavy (non-hydrogen) atoms. The smallest absolute Gasteiger partial charge is 0.293 e. The molecule has 6 nitrogen and oxygen atoms in total. The van der Waals surface area contributed by atoms with Gasteiger partial charge in [-0.2, -0.15) is 0 Å². The average Bonchev–Trinajstić information content (AvgIpc) is 3.48. The largest absolute Gasteiger partial charge is 0.341 e. The third-order valence-corrected chi connectivity index (χ3v) is 6.83. The molecule has 5 rings (SSSR count). The number of hydroxylamine groups is 1. The minimum Gasteiger partial charge on any atom is -0.341 e. The molecule has 0 unspecified atom stereocenters. The molecule has 162 valence electrons. The van der Waals surface area contributed by atoms with Gasteiger partial charge in [0.2, 0.25) is 0 Å². The topological polar surface area (TPSA) is 79.2 Å². The number of carbonyl (C=O) groups is 1. The molecule has 2 fully saturated rings. The van der Waals surface area contributed by atoms with Crippen LogP contribution in [0.1, 0.15) is 47.3 Å². The van der Waals surface area contributed by atoms with Crippen molar-refractivity contribution in [1.29, 1.82) is 0 Å². The van der Waals surface area contributed by atoms with Crippen LogP contribution in [0.3, 0.4) is 0 Å². The summed E-state index contributed by atoms with van der Waals surface area (Å²) in [4.78, 5) is 16.0. The molecule has 1 aromatic carbocycles. The highest BCUT2D eigenvalue weighted by Crippen LogP contribution is 2.44. The van der Waals surface area contributed by atoms with E-state index in [4.69, 9.17) is 5.21 Å². The van der Waals surface area contributed by atoms with Gasteiger partial charge in [0.15, 0.2) is 0 Å². The van der Waals surface area contributed by atoms with Crippen molar-refractivity contribution in [1.82, 2.24) is 20.3 Å². The SMILES string of the molecule is O=C(NO)c1cc2c(CN[C@@H]3C[C@@H]4CC[C@@H]3C4)cn(Cc3ccc(F)cc3F)c2cn1. The molecule has 3 atom stereocenters. The maximum absolute atomic E-state index is 14.2. The second kappa shape index (κ2) is 8.01. The van der Waals surface area contributed by atoms with E-state index >= 15 is 0 Å². The van der Waals surface area contributed by atoms with E-state index in [1.807, 2.05) is 10.8 Å². The molecule has 2 aromatic heterocycles. The van der Waals surface area contributed by atoms with Crippen molar-refractivity contribution < 1.29 is 18.8 Å². The van der Waals surface area contributed by atoms with E-state index in [0.717, 1.165) is 34.4 Å². The van der Waals surface area contributed by atoms with Gasteiger partial charge in [0.25, 0.3) is 5.91 Å². The van der Waals surface area contributed by atoms with Crippen molar-refractivity contribution in [2.45, 2.75) is 44.8 Å². The van der Waals surface area contributed by atoms with Gasteiger partial charge in [-0.15, -0.1) is 0 Å². The van der Waals surface area contributed by atoms with Crippen LogP contribution in [0.5, 0.6) is 0 Å². The quantitative estimate of drug-likeness (QED) is 0.414. The van der Waals surface area contributed by atoms with Gasteiger partial charge in [0, 0.05) is 35.8 Å². The van der Waals surface area contributed by atoms with Gasteiger partial charge in [-0.05, 0) is 48.8 Å². The summed E-state index contributed by atoms with van der Waals surface area (Å²) in [5, 5.41) is 13.4. The fourth-order valence-electron chi connectivity index (χ4n) is 5.28. The van der Waals surface area contributed by atoms with Gasteiger partial charge < -0.3 is 9.88 Å². The minimum atomic E-state index is -0.689. The first kappa shape index (κ1) is 20.1. The molecular formula is C23H24F2N4O2. The Morgan fingerprint density at radius 1 is 1.19 bits per heavy atom. The number of aromatic nitrogens is 2. The van der Waals surface area contributed by atoms with Crippen LogP contribution in [0.4, 0.5) is 8.78 Å². The molecule has 2 saturated carbocycles. The molecule has 3 N–H and O–H groups in total. The van der Waals surface area contributed by atoms with Crippen LogP contribution in [-0.4, -0.2) is 26.7 Å². The highest BCUT2D eigenvalue weighted by molar-refractivity contribution is 5.96. The maximum Gasteiger partial charge on any atom is 0.293 e. The summed E-state index contributed by atoms with van der Waals surface area (Å²) < 4.78 is 29.4. The van der Waals surface area contributed by atoms with E-state index in [1.165, 1.54) is 37.8 Å². The lowest BCUT2D eigenvalue weighted by atomic mass is 9.95. The van der Waals surface area contributed by atoms with Crippen LogP contribution in [0, 0.1) is 23.5 Å². The third-order valence-electron chi connectivity index (χ3n) is 6.83. The lowest BCUT2D eigenvalue weighted by Gasteiger charge is -2.22. The van der Waals surface area contributed by atoms with E-state index in [-0.39, 0.29) is 12.2 Å². The molecule has 3 aromatic rings. The molecule has 8 heteroatoms. The Morgan fingerprint density at radius 3 is 2.77 bits per heavy atom. The predicted octanol–water partition coefficient (Wildman–Crippen LogP) is 3.76. The molecule has 0 spiro atoms. The van der Waals surface area contributed by atoms with Crippen molar-refractivity contribution in [2.24, 2.45) is 11.8 Å². The molecule has 2 aliphatic carbocycles. The first-order valence-electron chi connectivity index (χ1n) is 10.6. The molecule has 2 aliphatic rings. The summed E-state index contributed by atoms with van der Waals surface area (Å²) in [6.45, 7) is 0.831. The highest BCUT2D eigenvalue weighted by Gasteiger charge is 2.39. The standard InChI is InChI=1S/C23H24F2N4O2/c24-17-4-3-15(19(25)7-17)11-29-12-16(9-26-20-6-13-1-2-14(20)5-13)18-8-21(23(30)28-31)27-10-22(18)29/h3-4,7-8,10,12-14,20,26,31H,1-2,5-6,9,11H2,(H,28,30)/t13-,14-,20-/m1/s1. The fourth-order valence-corrected chi connectivity index (χ4v) is 5.28. The van der Waals surface area contributed by atoms with Crippen molar-refractivity contribution in [3.8, 4) is 0 Å². The second-order valence-electron chi connectivity index (χ2n) is 8.71. The number of carbonyl (C=O) groups excluding carboxylic acids is 1. The van der Waals surface area contributed by atoms with Crippen LogP contribution in [0.25, 0.3) is 10.9 Å². The first-order chi connectivity index (χ1) is 15.0.